The number of aromatic nitrogens is 2. The first-order valence-electron chi connectivity index (χ1n) is 9.72. The van der Waals surface area contributed by atoms with E-state index in [4.69, 9.17) is 9.47 Å². The van der Waals surface area contributed by atoms with Gasteiger partial charge < -0.3 is 9.47 Å². The molecule has 0 fully saturated rings. The molecule has 0 saturated heterocycles. The first kappa shape index (κ1) is 22.2. The fraction of sp³-hybridized carbons (Fsp3) is 0.435. The molecule has 2 aromatic rings. The molecule has 0 N–H and O–H groups in total. The van der Waals surface area contributed by atoms with Crippen LogP contribution in [0.4, 0.5) is 0 Å². The second-order valence-corrected chi connectivity index (χ2v) is 7.97. The Balaban J connectivity index is 2.45. The van der Waals surface area contributed by atoms with Crippen LogP contribution in [0.5, 0.6) is 0 Å². The van der Waals surface area contributed by atoms with E-state index in [1.165, 1.54) is 5.56 Å². The van der Waals surface area contributed by atoms with Gasteiger partial charge in [-0.05, 0) is 36.0 Å². The Labute approximate surface area is 172 Å². The lowest BCUT2D eigenvalue weighted by Gasteiger charge is -2.19. The van der Waals surface area contributed by atoms with Crippen molar-refractivity contribution in [1.29, 1.82) is 5.26 Å². The number of carbonyl (C=O) groups excluding carboxylic acids is 1. The van der Waals surface area contributed by atoms with E-state index < -0.39 is 0 Å². The van der Waals surface area contributed by atoms with Crippen molar-refractivity contribution < 1.29 is 14.3 Å². The quantitative estimate of drug-likeness (QED) is 0.293. The highest BCUT2D eigenvalue weighted by Gasteiger charge is 2.19. The number of hydrogen-bond donors (Lipinski definition) is 0. The summed E-state index contributed by atoms with van der Waals surface area (Å²) in [7, 11) is 1.78. The molecule has 0 amide bonds. The zero-order valence-electron chi connectivity index (χ0n) is 18.1. The van der Waals surface area contributed by atoms with Crippen LogP contribution in [0, 0.1) is 18.3 Å². The van der Waals surface area contributed by atoms with Gasteiger partial charge in [-0.3, -0.25) is 9.48 Å². The van der Waals surface area contributed by atoms with Crippen molar-refractivity contribution in [2.24, 2.45) is 7.05 Å². The summed E-state index contributed by atoms with van der Waals surface area (Å²) in [5, 5.41) is 14.3. The van der Waals surface area contributed by atoms with E-state index in [1.54, 1.807) is 11.7 Å². The number of nitrogens with zero attached hydrogens (tertiary/aromatic N) is 3. The zero-order valence-corrected chi connectivity index (χ0v) is 18.1. The van der Waals surface area contributed by atoms with E-state index >= 15 is 0 Å². The van der Waals surface area contributed by atoms with E-state index in [0.717, 1.165) is 11.3 Å². The number of esters is 1. The fourth-order valence-electron chi connectivity index (χ4n) is 2.91. The maximum absolute atomic E-state index is 11.7. The molecule has 2 rings (SSSR count). The average Bonchev–Trinajstić information content (AvgIpc) is 2.99. The number of carbonyl (C=O) groups is 1. The van der Waals surface area contributed by atoms with Gasteiger partial charge in [-0.1, -0.05) is 52.0 Å². The minimum Gasteiger partial charge on any atom is -0.454 e. The molecule has 1 aromatic heterocycles. The van der Waals surface area contributed by atoms with Crippen LogP contribution in [0.2, 0.25) is 0 Å². The summed E-state index contributed by atoms with van der Waals surface area (Å²) in [5.41, 5.74) is 3.72. The molecular weight excluding hydrogens is 366 g/mol. The molecule has 0 bridgehead atoms. The molecule has 1 aromatic carbocycles. The number of ether oxygens (including phenoxy) is 2. The number of rotatable bonds is 7. The van der Waals surface area contributed by atoms with Gasteiger partial charge in [0, 0.05) is 13.5 Å². The fourth-order valence-corrected chi connectivity index (χ4v) is 2.91. The lowest BCUT2D eigenvalue weighted by atomic mass is 9.86. The minimum absolute atomic E-state index is 0.0149. The number of hydrogen-bond acceptors (Lipinski definition) is 5. The average molecular weight is 396 g/mol. The Bertz CT molecular complexity index is 926. The van der Waals surface area contributed by atoms with Gasteiger partial charge in [0.2, 0.25) is 6.79 Å². The minimum atomic E-state index is -0.332. The second kappa shape index (κ2) is 9.42. The van der Waals surface area contributed by atoms with Crippen molar-refractivity contribution in [1.82, 2.24) is 9.78 Å². The smallest absolute Gasteiger partial charge is 0.308 e. The summed E-state index contributed by atoms with van der Waals surface area (Å²) in [6.07, 6.45) is 1.03. The molecule has 0 saturated carbocycles. The molecule has 1 heterocycles. The van der Waals surface area contributed by atoms with Gasteiger partial charge in [-0.25, -0.2) is 0 Å². The predicted molar refractivity (Wildman–Crippen MR) is 112 cm³/mol. The van der Waals surface area contributed by atoms with Gasteiger partial charge in [0.05, 0.1) is 5.69 Å². The largest absolute Gasteiger partial charge is 0.454 e. The molecular formula is C23H29N3O3. The van der Waals surface area contributed by atoms with Crippen LogP contribution >= 0.6 is 0 Å². The summed E-state index contributed by atoms with van der Waals surface area (Å²) in [4.78, 5) is 11.7. The molecule has 0 aliphatic heterocycles. The summed E-state index contributed by atoms with van der Waals surface area (Å²) < 4.78 is 12.6. The maximum atomic E-state index is 11.7. The summed E-state index contributed by atoms with van der Waals surface area (Å²) in [6.45, 7) is 9.93. The number of allylic oxidation sites excluding steroid dienone is 1. The van der Waals surface area contributed by atoms with E-state index in [-0.39, 0.29) is 18.2 Å². The van der Waals surface area contributed by atoms with Gasteiger partial charge in [0.15, 0.2) is 5.76 Å². The molecule has 0 radical (unpaired) electrons. The van der Waals surface area contributed by atoms with Gasteiger partial charge in [-0.15, -0.1) is 0 Å². The van der Waals surface area contributed by atoms with Crippen molar-refractivity contribution in [3.63, 3.8) is 0 Å². The molecule has 0 aliphatic carbocycles. The monoisotopic (exact) mass is 395 g/mol. The van der Waals surface area contributed by atoms with E-state index in [2.05, 4.69) is 31.9 Å². The third-order valence-electron chi connectivity index (χ3n) is 4.49. The third-order valence-corrected chi connectivity index (χ3v) is 4.49. The lowest BCUT2D eigenvalue weighted by Crippen LogP contribution is -2.11. The standard InChI is InChI=1S/C23H29N3O3/c1-7-8-21(27)28-15-29-22(20-13-16(2)25-26(20)6)19(14-24)17-9-11-18(12-10-17)23(3,4)5/h9-13H,7-8,15H2,1-6H3/b22-19-. The van der Waals surface area contributed by atoms with Crippen molar-refractivity contribution in [2.75, 3.05) is 6.79 Å². The molecule has 0 atom stereocenters. The molecule has 6 heteroatoms. The van der Waals surface area contributed by atoms with E-state index in [0.29, 0.717) is 29.9 Å². The topological polar surface area (TPSA) is 77.1 Å². The van der Waals surface area contributed by atoms with Crippen molar-refractivity contribution in [3.8, 4) is 6.07 Å². The van der Waals surface area contributed by atoms with Gasteiger partial charge in [0.25, 0.3) is 0 Å². The molecule has 29 heavy (non-hydrogen) atoms. The maximum Gasteiger partial charge on any atom is 0.308 e. The van der Waals surface area contributed by atoms with Crippen molar-refractivity contribution >= 4 is 17.3 Å². The molecule has 6 nitrogen and oxygen atoms in total. The Kier molecular flexibility index (Phi) is 7.22. The van der Waals surface area contributed by atoms with Gasteiger partial charge >= 0.3 is 5.97 Å². The van der Waals surface area contributed by atoms with Crippen LogP contribution in [-0.4, -0.2) is 22.5 Å². The number of nitriles is 1. The summed E-state index contributed by atoms with van der Waals surface area (Å²) in [5.74, 6) is 0.00415. The van der Waals surface area contributed by atoms with Crippen molar-refractivity contribution in [2.45, 2.75) is 52.9 Å². The Morgan fingerprint density at radius 3 is 2.34 bits per heavy atom. The van der Waals surface area contributed by atoms with E-state index in [9.17, 15) is 10.1 Å². The van der Waals surface area contributed by atoms with Crippen molar-refractivity contribution in [3.05, 3.63) is 52.8 Å². The highest BCUT2D eigenvalue weighted by Crippen LogP contribution is 2.30. The number of benzene rings is 1. The van der Waals surface area contributed by atoms with Gasteiger partial charge in [-0.2, -0.15) is 10.4 Å². The normalized spacial score (nSPS) is 12.2. The third kappa shape index (κ3) is 5.71. The van der Waals surface area contributed by atoms with Crippen LogP contribution in [-0.2, 0) is 26.7 Å². The van der Waals surface area contributed by atoms with Crippen LogP contribution in [0.3, 0.4) is 0 Å². The van der Waals surface area contributed by atoms with Crippen LogP contribution < -0.4 is 0 Å². The van der Waals surface area contributed by atoms with Crippen LogP contribution in [0.15, 0.2) is 30.3 Å². The molecule has 0 spiro atoms. The van der Waals surface area contributed by atoms with Crippen LogP contribution in [0.25, 0.3) is 11.3 Å². The highest BCUT2D eigenvalue weighted by molar-refractivity contribution is 5.94. The van der Waals surface area contributed by atoms with Gasteiger partial charge in [0.1, 0.15) is 17.3 Å². The predicted octanol–water partition coefficient (Wildman–Crippen LogP) is 4.74. The van der Waals surface area contributed by atoms with Crippen LogP contribution in [0.1, 0.15) is 63.1 Å². The highest BCUT2D eigenvalue weighted by atomic mass is 16.7. The molecule has 154 valence electrons. The Morgan fingerprint density at radius 2 is 1.86 bits per heavy atom. The first-order valence-corrected chi connectivity index (χ1v) is 9.72. The Hall–Kier alpha value is -3.07. The molecule has 0 aliphatic rings. The summed E-state index contributed by atoms with van der Waals surface area (Å²) in [6, 6.07) is 11.9. The number of aryl methyl sites for hydroxylation is 2. The zero-order chi connectivity index (χ0) is 21.6. The second-order valence-electron chi connectivity index (χ2n) is 7.97. The summed E-state index contributed by atoms with van der Waals surface area (Å²) >= 11 is 0. The first-order chi connectivity index (χ1) is 13.7. The Morgan fingerprint density at radius 1 is 1.21 bits per heavy atom. The lowest BCUT2D eigenvalue weighted by molar-refractivity contribution is -0.151. The van der Waals surface area contributed by atoms with E-state index in [1.807, 2.05) is 44.2 Å². The molecule has 0 unspecified atom stereocenters. The SMILES string of the molecule is CCCC(=O)OCO/C(=C(/C#N)c1ccc(C(C)(C)C)cc1)c1cc(C)nn1C.